The van der Waals surface area contributed by atoms with E-state index in [1.165, 1.54) is 6.20 Å². The van der Waals surface area contributed by atoms with Crippen molar-refractivity contribution in [2.75, 3.05) is 0 Å². The number of rotatable bonds is 0. The Bertz CT molecular complexity index is 490. The van der Waals surface area contributed by atoms with Crippen molar-refractivity contribution in [3.8, 4) is 0 Å². The van der Waals surface area contributed by atoms with Gasteiger partial charge >= 0.3 is 6.09 Å². The number of aliphatic imine (C=N–C) groups is 1. The molecule has 0 aromatic heterocycles. The summed E-state index contributed by atoms with van der Waals surface area (Å²) in [5.41, 5.74) is 1.72. The average Bonchev–Trinajstić information content (AvgIpc) is 2.49. The molecular weight excluding hydrogens is 232 g/mol. The van der Waals surface area contributed by atoms with Crippen molar-refractivity contribution >= 4 is 21.2 Å². The molecule has 1 amide bonds. The molecule has 7 heteroatoms. The number of hydrogen-bond donors (Lipinski definition) is 1. The van der Waals surface area contributed by atoms with Crippen LogP contribution < -0.4 is 4.72 Å². The summed E-state index contributed by atoms with van der Waals surface area (Å²) in [6, 6.07) is 0. The predicted octanol–water partition coefficient (Wildman–Crippen LogP) is 0.922. The van der Waals surface area contributed by atoms with Crippen molar-refractivity contribution in [1.82, 2.24) is 4.72 Å². The van der Waals surface area contributed by atoms with Crippen LogP contribution in [0.3, 0.4) is 0 Å². The number of sulfonamides is 1. The molecule has 0 saturated carbocycles. The van der Waals surface area contributed by atoms with Gasteiger partial charge in [0.05, 0.1) is 6.20 Å². The van der Waals surface area contributed by atoms with Gasteiger partial charge in [0.2, 0.25) is 0 Å². The van der Waals surface area contributed by atoms with Gasteiger partial charge in [-0.2, -0.15) is 8.42 Å². The van der Waals surface area contributed by atoms with E-state index in [0.717, 1.165) is 6.08 Å². The van der Waals surface area contributed by atoms with Crippen LogP contribution in [0.2, 0.25) is 0 Å². The van der Waals surface area contributed by atoms with Crippen molar-refractivity contribution in [1.29, 1.82) is 0 Å². The normalized spacial score (nSPS) is 14.8. The van der Waals surface area contributed by atoms with Crippen LogP contribution in [0.4, 0.5) is 4.79 Å². The predicted molar refractivity (Wildman–Crippen MR) is 58.4 cm³/mol. The minimum Gasteiger partial charge on any atom is -0.443 e. The highest BCUT2D eigenvalue weighted by Gasteiger charge is 2.24. The zero-order valence-corrected chi connectivity index (χ0v) is 9.96. The van der Waals surface area contributed by atoms with Crippen LogP contribution in [0.1, 0.15) is 20.8 Å². The monoisotopic (exact) mass is 244 g/mol. The average molecular weight is 244 g/mol. The molecule has 1 N–H and O–H groups in total. The summed E-state index contributed by atoms with van der Waals surface area (Å²) in [5.74, 6) is 0. The molecule has 1 heterocycles. The summed E-state index contributed by atoms with van der Waals surface area (Å²) in [4.78, 5) is 14.7. The molecule has 0 saturated heterocycles. The number of nitrogens with one attached hydrogen (secondary N) is 1. The number of carbonyl (C=O) groups is 1. The Morgan fingerprint density at radius 1 is 1.50 bits per heavy atom. The lowest BCUT2D eigenvalue weighted by Gasteiger charge is -2.19. The van der Waals surface area contributed by atoms with Gasteiger partial charge in [-0.15, -0.1) is 0 Å². The summed E-state index contributed by atoms with van der Waals surface area (Å²) in [6.07, 6.45) is 1.33. The number of carbonyl (C=O) groups excluding carboxylic acids is 1. The van der Waals surface area contributed by atoms with E-state index >= 15 is 0 Å². The van der Waals surface area contributed by atoms with E-state index in [0.29, 0.717) is 0 Å². The largest absolute Gasteiger partial charge is 0.443 e. The fourth-order valence-corrected chi connectivity index (χ4v) is 1.63. The van der Waals surface area contributed by atoms with Gasteiger partial charge in [0, 0.05) is 6.08 Å². The Kier molecular flexibility index (Phi) is 3.21. The van der Waals surface area contributed by atoms with Crippen LogP contribution in [-0.4, -0.2) is 25.2 Å². The summed E-state index contributed by atoms with van der Waals surface area (Å²) in [5, 5.41) is -0.265. The first-order chi connectivity index (χ1) is 7.21. The first kappa shape index (κ1) is 12.5. The molecule has 88 valence electrons. The molecule has 0 aromatic carbocycles. The van der Waals surface area contributed by atoms with E-state index in [4.69, 9.17) is 4.74 Å². The van der Waals surface area contributed by atoms with Gasteiger partial charge < -0.3 is 4.74 Å². The minimum absolute atomic E-state index is 0.265. The van der Waals surface area contributed by atoms with Gasteiger partial charge in [0.15, 0.2) is 5.04 Å². The molecule has 0 atom stereocenters. The number of hydrogen-bond acceptors (Lipinski definition) is 5. The fraction of sp³-hybridized carbons (Fsp3) is 0.444. The molecule has 0 bridgehead atoms. The highest BCUT2D eigenvalue weighted by Crippen LogP contribution is 2.07. The number of nitrogens with zero attached hydrogens (tertiary/aromatic N) is 1. The van der Waals surface area contributed by atoms with Gasteiger partial charge in [-0.1, -0.05) is 5.73 Å². The molecular formula is C9H12N2O4S. The van der Waals surface area contributed by atoms with Crippen molar-refractivity contribution in [2.45, 2.75) is 26.4 Å². The molecule has 0 radical (unpaired) electrons. The SMILES string of the molecule is CC(C)(C)OC(=O)NS(=O)(=O)C1=NC=C=C1. The Labute approximate surface area is 93.8 Å². The molecule has 16 heavy (non-hydrogen) atoms. The second-order valence-corrected chi connectivity index (χ2v) is 5.64. The third kappa shape index (κ3) is 3.52. The van der Waals surface area contributed by atoms with Gasteiger partial charge in [0.1, 0.15) is 5.60 Å². The van der Waals surface area contributed by atoms with Crippen LogP contribution in [0.5, 0.6) is 0 Å². The first-order valence-corrected chi connectivity index (χ1v) is 5.93. The molecule has 0 aliphatic carbocycles. The van der Waals surface area contributed by atoms with Crippen LogP contribution in [0.25, 0.3) is 0 Å². The van der Waals surface area contributed by atoms with E-state index in [1.807, 2.05) is 0 Å². The van der Waals surface area contributed by atoms with Crippen LogP contribution in [-0.2, 0) is 14.8 Å². The van der Waals surface area contributed by atoms with Gasteiger partial charge in [-0.05, 0) is 20.8 Å². The Hall–Kier alpha value is -1.59. The second kappa shape index (κ2) is 4.11. The Morgan fingerprint density at radius 3 is 2.56 bits per heavy atom. The molecule has 0 unspecified atom stereocenters. The Balaban J connectivity index is 2.68. The highest BCUT2D eigenvalue weighted by atomic mass is 32.2. The number of amides is 1. The lowest BCUT2D eigenvalue weighted by atomic mass is 10.2. The molecule has 0 aromatic rings. The third-order valence-corrected chi connectivity index (χ3v) is 2.57. The molecule has 0 fully saturated rings. The van der Waals surface area contributed by atoms with E-state index < -0.39 is 21.7 Å². The first-order valence-electron chi connectivity index (χ1n) is 4.45. The lowest BCUT2D eigenvalue weighted by molar-refractivity contribution is 0.0571. The van der Waals surface area contributed by atoms with E-state index in [-0.39, 0.29) is 5.04 Å². The van der Waals surface area contributed by atoms with Gasteiger partial charge in [-0.3, -0.25) is 0 Å². The van der Waals surface area contributed by atoms with Crippen LogP contribution in [0, 0.1) is 0 Å². The quantitative estimate of drug-likeness (QED) is 0.642. The van der Waals surface area contributed by atoms with Gasteiger partial charge in [0.25, 0.3) is 10.0 Å². The van der Waals surface area contributed by atoms with Gasteiger partial charge in [-0.25, -0.2) is 14.5 Å². The summed E-state index contributed by atoms with van der Waals surface area (Å²) in [7, 11) is -3.96. The minimum atomic E-state index is -3.96. The zero-order chi connectivity index (χ0) is 12.4. The maximum absolute atomic E-state index is 11.5. The summed E-state index contributed by atoms with van der Waals surface area (Å²) < 4.78 is 29.5. The topological polar surface area (TPSA) is 84.8 Å². The smallest absolute Gasteiger partial charge is 0.421 e. The molecule has 1 aliphatic heterocycles. The van der Waals surface area contributed by atoms with Crippen molar-refractivity contribution in [3.05, 3.63) is 18.0 Å². The molecule has 1 aliphatic rings. The maximum Gasteiger partial charge on any atom is 0.421 e. The van der Waals surface area contributed by atoms with Crippen LogP contribution in [0.15, 0.2) is 23.0 Å². The summed E-state index contributed by atoms with van der Waals surface area (Å²) >= 11 is 0. The molecule has 1 rings (SSSR count). The van der Waals surface area contributed by atoms with Crippen molar-refractivity contribution in [2.24, 2.45) is 4.99 Å². The fourth-order valence-electron chi connectivity index (χ4n) is 0.855. The maximum atomic E-state index is 11.5. The lowest BCUT2D eigenvalue weighted by Crippen LogP contribution is -2.38. The van der Waals surface area contributed by atoms with E-state index in [2.05, 4.69) is 10.7 Å². The van der Waals surface area contributed by atoms with E-state index in [9.17, 15) is 13.2 Å². The molecule has 6 nitrogen and oxygen atoms in total. The summed E-state index contributed by atoms with van der Waals surface area (Å²) in [6.45, 7) is 4.90. The molecule has 0 spiro atoms. The highest BCUT2D eigenvalue weighted by molar-refractivity contribution is 8.05. The van der Waals surface area contributed by atoms with Crippen LogP contribution >= 0.6 is 0 Å². The second-order valence-electron chi connectivity index (χ2n) is 4.01. The van der Waals surface area contributed by atoms with E-state index in [1.54, 1.807) is 25.5 Å². The Morgan fingerprint density at radius 2 is 2.12 bits per heavy atom. The van der Waals surface area contributed by atoms with Crippen molar-refractivity contribution in [3.63, 3.8) is 0 Å². The number of ether oxygens (including phenoxy) is 1. The third-order valence-electron chi connectivity index (χ3n) is 1.37. The zero-order valence-electron chi connectivity index (χ0n) is 9.14. The van der Waals surface area contributed by atoms with Crippen molar-refractivity contribution < 1.29 is 17.9 Å². The standard InChI is InChI=1S/C9H12N2O4S/c1-9(2,3)15-8(12)11-16(13,14)7-5-4-6-10-7/h5-6H,1-3H3,(H,11,12).